The predicted molar refractivity (Wildman–Crippen MR) is 127 cm³/mol. The number of carbonyl (C=O) groups is 2. The second-order valence-electron chi connectivity index (χ2n) is 8.48. The van der Waals surface area contributed by atoms with Gasteiger partial charge < -0.3 is 14.7 Å². The first-order valence-corrected chi connectivity index (χ1v) is 12.6. The largest absolute Gasteiger partial charge is 0.508 e. The van der Waals surface area contributed by atoms with Crippen LogP contribution in [0.3, 0.4) is 0 Å². The fourth-order valence-electron chi connectivity index (χ4n) is 4.43. The number of rotatable bonds is 7. The van der Waals surface area contributed by atoms with E-state index >= 15 is 0 Å². The van der Waals surface area contributed by atoms with E-state index in [0.717, 1.165) is 5.56 Å². The predicted octanol–water partition coefficient (Wildman–Crippen LogP) is 2.75. The highest BCUT2D eigenvalue weighted by atomic mass is 32.2. The summed E-state index contributed by atoms with van der Waals surface area (Å²) in [6.07, 6.45) is 4.55. The second kappa shape index (κ2) is 9.12. The van der Waals surface area contributed by atoms with Gasteiger partial charge in [0.15, 0.2) is 0 Å². The molecule has 1 aromatic heterocycles. The molecule has 3 aromatic rings. The quantitative estimate of drug-likeness (QED) is 0.503. The van der Waals surface area contributed by atoms with E-state index in [1.807, 2.05) is 0 Å². The fourth-order valence-corrected chi connectivity index (χ4v) is 6.14. The van der Waals surface area contributed by atoms with E-state index in [-0.39, 0.29) is 35.4 Å². The Hall–Kier alpha value is -3.76. The third-order valence-corrected chi connectivity index (χ3v) is 8.17. The fraction of sp³-hybridized carbons (Fsp3) is 0.240. The van der Waals surface area contributed by atoms with Gasteiger partial charge in [0.25, 0.3) is 11.7 Å². The van der Waals surface area contributed by atoms with Crippen molar-refractivity contribution in [3.63, 3.8) is 0 Å². The maximum atomic E-state index is 13.5. The molecule has 1 amide bonds. The maximum absolute atomic E-state index is 13.5. The zero-order valence-electron chi connectivity index (χ0n) is 18.7. The molecule has 0 radical (unpaired) electrons. The van der Waals surface area contributed by atoms with Crippen molar-refractivity contribution in [2.45, 2.75) is 30.3 Å². The Kier molecular flexibility index (Phi) is 6.00. The highest BCUT2D eigenvalue weighted by molar-refractivity contribution is 7.89. The molecule has 5 rings (SSSR count). The molecule has 0 bridgehead atoms. The van der Waals surface area contributed by atoms with Gasteiger partial charge in [-0.3, -0.25) is 14.6 Å². The summed E-state index contributed by atoms with van der Waals surface area (Å²) in [5.41, 5.74) is 1.16. The number of sulfonamides is 1. The molecule has 1 atom stereocenters. The van der Waals surface area contributed by atoms with Crippen molar-refractivity contribution in [2.24, 2.45) is 0 Å². The summed E-state index contributed by atoms with van der Waals surface area (Å²) >= 11 is 0. The summed E-state index contributed by atoms with van der Waals surface area (Å²) < 4.78 is 34.1. The van der Waals surface area contributed by atoms with Crippen LogP contribution in [0, 0.1) is 0 Å². The molecule has 3 heterocycles. The molecular weight excluding hydrogens is 470 g/mol. The molecule has 2 aromatic carbocycles. The highest BCUT2D eigenvalue weighted by Gasteiger charge is 2.40. The molecule has 1 unspecified atom stereocenters. The SMILES string of the molecule is O=C1C(=O)N(Cc2ccc(O)cc2)c2ccc(S(=O)(=O)N3CCCC3COc3cccnc3)cc21. The zero-order valence-corrected chi connectivity index (χ0v) is 19.5. The van der Waals surface area contributed by atoms with Crippen LogP contribution in [0.4, 0.5) is 5.69 Å². The van der Waals surface area contributed by atoms with Crippen molar-refractivity contribution >= 4 is 27.4 Å². The van der Waals surface area contributed by atoms with Crippen LogP contribution in [0.15, 0.2) is 71.9 Å². The minimum atomic E-state index is -3.91. The van der Waals surface area contributed by atoms with E-state index < -0.39 is 21.7 Å². The number of nitrogens with zero attached hydrogens (tertiary/aromatic N) is 3. The number of hydrogen-bond donors (Lipinski definition) is 1. The third-order valence-electron chi connectivity index (χ3n) is 6.23. The first kappa shape index (κ1) is 23.0. The lowest BCUT2D eigenvalue weighted by Crippen LogP contribution is -2.39. The minimum absolute atomic E-state index is 0.0304. The monoisotopic (exact) mass is 493 g/mol. The maximum Gasteiger partial charge on any atom is 0.299 e. The number of Topliss-reactive ketones (excluding diaryl/α,β-unsaturated/α-hetero) is 1. The molecule has 10 heteroatoms. The van der Waals surface area contributed by atoms with Crippen LogP contribution in [-0.4, -0.2) is 53.7 Å². The van der Waals surface area contributed by atoms with Gasteiger partial charge in [0.05, 0.1) is 34.9 Å². The number of carbonyl (C=O) groups excluding carboxylic acids is 2. The van der Waals surface area contributed by atoms with Crippen LogP contribution in [0.5, 0.6) is 11.5 Å². The summed E-state index contributed by atoms with van der Waals surface area (Å²) in [6, 6.07) is 13.7. The van der Waals surface area contributed by atoms with E-state index in [9.17, 15) is 23.1 Å². The van der Waals surface area contributed by atoms with Gasteiger partial charge >= 0.3 is 0 Å². The molecule has 2 aliphatic heterocycles. The van der Waals surface area contributed by atoms with Gasteiger partial charge in [-0.2, -0.15) is 4.31 Å². The summed E-state index contributed by atoms with van der Waals surface area (Å²) in [5, 5.41) is 9.47. The molecule has 9 nitrogen and oxygen atoms in total. The van der Waals surface area contributed by atoms with Crippen molar-refractivity contribution in [1.82, 2.24) is 9.29 Å². The van der Waals surface area contributed by atoms with E-state index in [4.69, 9.17) is 4.74 Å². The molecule has 2 aliphatic rings. The van der Waals surface area contributed by atoms with Crippen LogP contribution < -0.4 is 9.64 Å². The molecule has 0 saturated carbocycles. The number of pyridine rings is 1. The Morgan fingerprint density at radius 2 is 1.89 bits per heavy atom. The smallest absolute Gasteiger partial charge is 0.299 e. The zero-order chi connectivity index (χ0) is 24.6. The van der Waals surface area contributed by atoms with Gasteiger partial charge in [-0.25, -0.2) is 8.42 Å². The Labute approximate surface area is 202 Å². The number of ether oxygens (including phenoxy) is 1. The van der Waals surface area contributed by atoms with Gasteiger partial charge in [-0.05, 0) is 60.9 Å². The van der Waals surface area contributed by atoms with E-state index in [1.165, 1.54) is 39.5 Å². The van der Waals surface area contributed by atoms with Crippen LogP contribution in [0.2, 0.25) is 0 Å². The Balaban J connectivity index is 1.38. The Bertz CT molecular complexity index is 1380. The van der Waals surface area contributed by atoms with Gasteiger partial charge in [0, 0.05) is 12.7 Å². The van der Waals surface area contributed by atoms with Crippen LogP contribution in [-0.2, 0) is 21.4 Å². The number of phenols is 1. The molecule has 35 heavy (non-hydrogen) atoms. The number of benzene rings is 2. The number of anilines is 1. The Morgan fingerprint density at radius 3 is 2.63 bits per heavy atom. The van der Waals surface area contributed by atoms with Crippen molar-refractivity contribution in [1.29, 1.82) is 0 Å². The number of fused-ring (bicyclic) bond motifs is 1. The van der Waals surface area contributed by atoms with Crippen LogP contribution in [0.1, 0.15) is 28.8 Å². The lowest BCUT2D eigenvalue weighted by molar-refractivity contribution is -0.114. The molecular formula is C25H23N3O6S. The van der Waals surface area contributed by atoms with E-state index in [2.05, 4.69) is 4.98 Å². The number of aromatic hydroxyl groups is 1. The summed E-state index contributed by atoms with van der Waals surface area (Å²) in [6.45, 7) is 0.665. The summed E-state index contributed by atoms with van der Waals surface area (Å²) in [5.74, 6) is -0.800. The first-order valence-electron chi connectivity index (χ1n) is 11.2. The molecule has 0 spiro atoms. The average molecular weight is 494 g/mol. The number of aromatic nitrogens is 1. The van der Waals surface area contributed by atoms with Crippen molar-refractivity contribution in [3.8, 4) is 11.5 Å². The average Bonchev–Trinajstić information content (AvgIpc) is 3.44. The highest BCUT2D eigenvalue weighted by Crippen LogP contribution is 2.34. The van der Waals surface area contributed by atoms with Crippen molar-refractivity contribution in [3.05, 3.63) is 78.1 Å². The standard InChI is InChI=1S/C25H23N3O6S/c29-19-7-5-17(6-8-19)15-27-23-10-9-21(13-22(23)24(30)25(27)31)35(32,33)28-12-2-3-18(28)16-34-20-4-1-11-26-14-20/h1,4-11,13-14,18,29H,2-3,12,15-16H2. The Morgan fingerprint density at radius 1 is 1.09 bits per heavy atom. The van der Waals surface area contributed by atoms with Gasteiger partial charge in [0.2, 0.25) is 10.0 Å². The molecule has 0 aliphatic carbocycles. The van der Waals surface area contributed by atoms with Crippen LogP contribution in [0.25, 0.3) is 0 Å². The topological polar surface area (TPSA) is 117 Å². The van der Waals surface area contributed by atoms with Crippen molar-refractivity contribution in [2.75, 3.05) is 18.1 Å². The van der Waals surface area contributed by atoms with Crippen LogP contribution >= 0.6 is 0 Å². The second-order valence-corrected chi connectivity index (χ2v) is 10.4. The molecule has 1 N–H and O–H groups in total. The number of hydrogen-bond acceptors (Lipinski definition) is 7. The third kappa shape index (κ3) is 4.38. The van der Waals surface area contributed by atoms with Gasteiger partial charge in [0.1, 0.15) is 18.1 Å². The lowest BCUT2D eigenvalue weighted by atomic mass is 10.1. The molecule has 1 fully saturated rings. The number of phenolic OH excluding ortho intramolecular Hbond substituents is 1. The lowest BCUT2D eigenvalue weighted by Gasteiger charge is -2.24. The number of amides is 1. The molecule has 1 saturated heterocycles. The molecule has 180 valence electrons. The normalized spacial score (nSPS) is 18.2. The first-order chi connectivity index (χ1) is 16.8. The minimum Gasteiger partial charge on any atom is -0.508 e. The van der Waals surface area contributed by atoms with Crippen molar-refractivity contribution < 1.29 is 27.9 Å². The van der Waals surface area contributed by atoms with E-state index in [0.29, 0.717) is 30.8 Å². The summed E-state index contributed by atoms with van der Waals surface area (Å²) in [4.78, 5) is 30.7. The van der Waals surface area contributed by atoms with Gasteiger partial charge in [-0.1, -0.05) is 12.1 Å². The van der Waals surface area contributed by atoms with Gasteiger partial charge in [-0.15, -0.1) is 0 Å². The number of ketones is 1. The van der Waals surface area contributed by atoms with E-state index in [1.54, 1.807) is 36.7 Å². The summed E-state index contributed by atoms with van der Waals surface area (Å²) in [7, 11) is -3.91.